The summed E-state index contributed by atoms with van der Waals surface area (Å²) in [6.45, 7) is 1.54. The molecule has 0 aliphatic heterocycles. The van der Waals surface area contributed by atoms with Crippen molar-refractivity contribution in [3.8, 4) is 0 Å². The maximum Gasteiger partial charge on any atom is 0.293 e. The second-order valence-electron chi connectivity index (χ2n) is 4.30. The van der Waals surface area contributed by atoms with Gasteiger partial charge in [-0.3, -0.25) is 14.9 Å². The average molecular weight is 287 g/mol. The summed E-state index contributed by atoms with van der Waals surface area (Å²) in [6.07, 6.45) is 1.51. The van der Waals surface area contributed by atoms with Crippen molar-refractivity contribution in [3.63, 3.8) is 0 Å². The Labute approximate surface area is 120 Å². The van der Waals surface area contributed by atoms with E-state index in [-0.39, 0.29) is 29.3 Å². The fourth-order valence-corrected chi connectivity index (χ4v) is 1.73. The molecule has 0 radical (unpaired) electrons. The predicted molar refractivity (Wildman–Crippen MR) is 76.9 cm³/mol. The highest BCUT2D eigenvalue weighted by Gasteiger charge is 2.16. The Morgan fingerprint density at radius 1 is 1.43 bits per heavy atom. The van der Waals surface area contributed by atoms with Gasteiger partial charge in [-0.05, 0) is 25.1 Å². The van der Waals surface area contributed by atoms with Gasteiger partial charge in [0.2, 0.25) is 0 Å². The SMILES string of the molecule is CC(=O)c1ccc(NCc2nccc(N)n2)c([N+](=O)[O-])c1. The van der Waals surface area contributed by atoms with Crippen molar-refractivity contribution in [1.29, 1.82) is 0 Å². The number of nitrogens with one attached hydrogen (secondary N) is 1. The van der Waals surface area contributed by atoms with Gasteiger partial charge < -0.3 is 11.1 Å². The van der Waals surface area contributed by atoms with Gasteiger partial charge in [0.1, 0.15) is 17.3 Å². The van der Waals surface area contributed by atoms with Gasteiger partial charge >= 0.3 is 0 Å². The maximum atomic E-state index is 11.3. The number of carbonyl (C=O) groups excluding carboxylic acids is 1. The zero-order valence-electron chi connectivity index (χ0n) is 11.2. The Hall–Kier alpha value is -3.03. The number of anilines is 2. The summed E-state index contributed by atoms with van der Waals surface area (Å²) < 4.78 is 0. The number of carbonyl (C=O) groups is 1. The summed E-state index contributed by atoms with van der Waals surface area (Å²) in [5.41, 5.74) is 5.93. The molecule has 0 spiro atoms. The second-order valence-corrected chi connectivity index (χ2v) is 4.30. The summed E-state index contributed by atoms with van der Waals surface area (Å²) in [6, 6.07) is 5.80. The Bertz CT molecular complexity index is 702. The first kappa shape index (κ1) is 14.4. The van der Waals surface area contributed by atoms with Crippen LogP contribution in [0.5, 0.6) is 0 Å². The molecular weight excluding hydrogens is 274 g/mol. The van der Waals surface area contributed by atoms with Gasteiger partial charge in [0.15, 0.2) is 5.78 Å². The third-order valence-electron chi connectivity index (χ3n) is 2.76. The molecule has 108 valence electrons. The highest BCUT2D eigenvalue weighted by molar-refractivity contribution is 5.95. The van der Waals surface area contributed by atoms with Gasteiger partial charge in [-0.1, -0.05) is 0 Å². The molecule has 1 aromatic heterocycles. The largest absolute Gasteiger partial charge is 0.384 e. The summed E-state index contributed by atoms with van der Waals surface area (Å²) in [7, 11) is 0. The van der Waals surface area contributed by atoms with E-state index >= 15 is 0 Å². The molecule has 3 N–H and O–H groups in total. The van der Waals surface area contributed by atoms with E-state index in [0.29, 0.717) is 11.6 Å². The predicted octanol–water partition coefficient (Wildman–Crippen LogP) is 1.78. The van der Waals surface area contributed by atoms with E-state index in [1.807, 2.05) is 0 Å². The van der Waals surface area contributed by atoms with Gasteiger partial charge in [0.25, 0.3) is 5.69 Å². The number of nitrogens with two attached hydrogens (primary N) is 1. The molecule has 21 heavy (non-hydrogen) atoms. The molecule has 8 heteroatoms. The van der Waals surface area contributed by atoms with Crippen LogP contribution in [0.1, 0.15) is 23.1 Å². The fraction of sp³-hybridized carbons (Fsp3) is 0.154. The molecule has 0 atom stereocenters. The average Bonchev–Trinajstić information content (AvgIpc) is 2.44. The lowest BCUT2D eigenvalue weighted by atomic mass is 10.1. The molecule has 8 nitrogen and oxygen atoms in total. The van der Waals surface area contributed by atoms with Crippen LogP contribution in [0.15, 0.2) is 30.5 Å². The summed E-state index contributed by atoms with van der Waals surface area (Å²) in [5, 5.41) is 13.9. The first-order valence-corrected chi connectivity index (χ1v) is 6.08. The summed E-state index contributed by atoms with van der Waals surface area (Å²) >= 11 is 0. The molecular formula is C13H13N5O3. The smallest absolute Gasteiger partial charge is 0.293 e. The minimum atomic E-state index is -0.547. The number of nitrogen functional groups attached to an aromatic ring is 1. The normalized spacial score (nSPS) is 10.1. The first-order valence-electron chi connectivity index (χ1n) is 6.08. The van der Waals surface area contributed by atoms with Crippen LogP contribution in [0.4, 0.5) is 17.2 Å². The van der Waals surface area contributed by atoms with E-state index in [1.165, 1.54) is 31.3 Å². The summed E-state index contributed by atoms with van der Waals surface area (Å²) in [4.78, 5) is 29.8. The Kier molecular flexibility index (Phi) is 4.07. The monoisotopic (exact) mass is 287 g/mol. The number of nitro groups is 1. The Morgan fingerprint density at radius 3 is 2.81 bits per heavy atom. The van der Waals surface area contributed by atoms with Crippen LogP contribution in [-0.2, 0) is 6.54 Å². The number of ketones is 1. The molecule has 0 amide bonds. The summed E-state index contributed by atoms with van der Waals surface area (Å²) in [5.74, 6) is 0.506. The number of nitrogens with zero attached hydrogens (tertiary/aromatic N) is 3. The fourth-order valence-electron chi connectivity index (χ4n) is 1.73. The highest BCUT2D eigenvalue weighted by atomic mass is 16.6. The molecule has 1 heterocycles. The molecule has 2 aromatic rings. The zero-order valence-corrected chi connectivity index (χ0v) is 11.2. The van der Waals surface area contributed by atoms with Crippen molar-refractivity contribution in [2.24, 2.45) is 0 Å². The molecule has 0 saturated heterocycles. The highest BCUT2D eigenvalue weighted by Crippen LogP contribution is 2.26. The molecule has 0 unspecified atom stereocenters. The van der Waals surface area contributed by atoms with E-state index in [2.05, 4.69) is 15.3 Å². The molecule has 0 fully saturated rings. The van der Waals surface area contributed by atoms with Crippen molar-refractivity contribution < 1.29 is 9.72 Å². The quantitative estimate of drug-likeness (QED) is 0.488. The molecule has 0 aliphatic carbocycles. The number of aromatic nitrogens is 2. The van der Waals surface area contributed by atoms with Gasteiger partial charge in [-0.15, -0.1) is 0 Å². The van der Waals surface area contributed by atoms with E-state index in [4.69, 9.17) is 5.73 Å². The molecule has 0 saturated carbocycles. The topological polar surface area (TPSA) is 124 Å². The third kappa shape index (κ3) is 3.50. The van der Waals surface area contributed by atoms with E-state index in [9.17, 15) is 14.9 Å². The van der Waals surface area contributed by atoms with E-state index < -0.39 is 4.92 Å². The third-order valence-corrected chi connectivity index (χ3v) is 2.76. The lowest BCUT2D eigenvalue weighted by molar-refractivity contribution is -0.384. The standard InChI is InChI=1S/C13H13N5O3/c1-8(19)9-2-3-10(11(6-9)18(20)21)16-7-13-15-5-4-12(14)17-13/h2-6,16H,7H2,1H3,(H2,14,15,17). The number of benzene rings is 1. The number of rotatable bonds is 5. The van der Waals surface area contributed by atoms with Gasteiger partial charge in [0.05, 0.1) is 11.5 Å². The van der Waals surface area contributed by atoms with Gasteiger partial charge in [0, 0.05) is 17.8 Å². The second kappa shape index (κ2) is 5.95. The Morgan fingerprint density at radius 2 is 2.19 bits per heavy atom. The number of Topliss-reactive ketones (excluding diaryl/α,β-unsaturated/α-hetero) is 1. The molecule has 0 bridgehead atoms. The zero-order chi connectivity index (χ0) is 15.4. The molecule has 2 rings (SSSR count). The van der Waals surface area contributed by atoms with E-state index in [1.54, 1.807) is 6.07 Å². The van der Waals surface area contributed by atoms with Crippen LogP contribution in [-0.4, -0.2) is 20.7 Å². The number of nitro benzene ring substituents is 1. The maximum absolute atomic E-state index is 11.3. The van der Waals surface area contributed by atoms with Crippen LogP contribution in [0.3, 0.4) is 0 Å². The van der Waals surface area contributed by atoms with Crippen LogP contribution < -0.4 is 11.1 Å². The lowest BCUT2D eigenvalue weighted by Crippen LogP contribution is -2.07. The minimum Gasteiger partial charge on any atom is -0.384 e. The van der Waals surface area contributed by atoms with Crippen molar-refractivity contribution in [1.82, 2.24) is 9.97 Å². The van der Waals surface area contributed by atoms with Crippen LogP contribution in [0.2, 0.25) is 0 Å². The van der Waals surface area contributed by atoms with E-state index in [0.717, 1.165) is 0 Å². The number of hydrogen-bond acceptors (Lipinski definition) is 7. The van der Waals surface area contributed by atoms with Crippen LogP contribution >= 0.6 is 0 Å². The minimum absolute atomic E-state index is 0.174. The lowest BCUT2D eigenvalue weighted by Gasteiger charge is -2.07. The van der Waals surface area contributed by atoms with Gasteiger partial charge in [-0.2, -0.15) is 0 Å². The van der Waals surface area contributed by atoms with Crippen molar-refractivity contribution in [2.75, 3.05) is 11.1 Å². The number of hydrogen-bond donors (Lipinski definition) is 2. The van der Waals surface area contributed by atoms with Crippen molar-refractivity contribution >= 4 is 23.0 Å². The van der Waals surface area contributed by atoms with Crippen molar-refractivity contribution in [2.45, 2.75) is 13.5 Å². The molecule has 0 aliphatic rings. The van der Waals surface area contributed by atoms with Gasteiger partial charge in [-0.25, -0.2) is 9.97 Å². The van der Waals surface area contributed by atoms with Crippen molar-refractivity contribution in [3.05, 3.63) is 52.0 Å². The molecule has 1 aromatic carbocycles. The Balaban J connectivity index is 2.23. The van der Waals surface area contributed by atoms with Crippen LogP contribution in [0, 0.1) is 10.1 Å². The first-order chi connectivity index (χ1) is 9.97. The van der Waals surface area contributed by atoms with Crippen LogP contribution in [0.25, 0.3) is 0 Å².